The summed E-state index contributed by atoms with van der Waals surface area (Å²) in [5.74, 6) is 0.0231. The lowest BCUT2D eigenvalue weighted by molar-refractivity contribution is -0.126. The molecule has 4 nitrogen and oxygen atoms in total. The zero-order chi connectivity index (χ0) is 15.7. The molecule has 0 aromatic heterocycles. The first kappa shape index (κ1) is 17.0. The molecule has 0 heterocycles. The molecule has 1 aromatic carbocycles. The third-order valence-corrected chi connectivity index (χ3v) is 4.33. The first-order chi connectivity index (χ1) is 10.7. The average Bonchev–Trinajstić information content (AvgIpc) is 2.99. The van der Waals surface area contributed by atoms with Crippen LogP contribution in [-0.2, 0) is 16.0 Å². The van der Waals surface area contributed by atoms with E-state index in [4.69, 9.17) is 10.5 Å². The molecule has 0 bridgehead atoms. The van der Waals surface area contributed by atoms with Crippen LogP contribution in [-0.4, -0.2) is 31.2 Å². The molecule has 0 saturated heterocycles. The summed E-state index contributed by atoms with van der Waals surface area (Å²) < 4.78 is 5.63. The van der Waals surface area contributed by atoms with E-state index in [1.165, 1.54) is 5.56 Å². The van der Waals surface area contributed by atoms with E-state index in [9.17, 15) is 4.79 Å². The Kier molecular flexibility index (Phi) is 6.87. The van der Waals surface area contributed by atoms with Crippen molar-refractivity contribution in [3.8, 4) is 0 Å². The number of carbonyl (C=O) groups excluding carboxylic acids is 1. The number of unbranched alkanes of at least 4 members (excludes halogenated alkanes) is 1. The molecule has 122 valence electrons. The molecule has 0 aliphatic heterocycles. The summed E-state index contributed by atoms with van der Waals surface area (Å²) >= 11 is 0. The van der Waals surface area contributed by atoms with Gasteiger partial charge in [0.25, 0.3) is 0 Å². The van der Waals surface area contributed by atoms with E-state index < -0.39 is 5.54 Å². The minimum atomic E-state index is -0.605. The summed E-state index contributed by atoms with van der Waals surface area (Å²) in [6, 6.07) is 10.4. The smallest absolute Gasteiger partial charge is 0.240 e. The second kappa shape index (κ2) is 8.91. The van der Waals surface area contributed by atoms with Crippen LogP contribution in [0, 0.1) is 0 Å². The fourth-order valence-electron chi connectivity index (χ4n) is 2.88. The maximum atomic E-state index is 12.0. The highest BCUT2D eigenvalue weighted by molar-refractivity contribution is 5.86. The molecular weight excluding hydrogens is 276 g/mol. The molecule has 0 spiro atoms. The van der Waals surface area contributed by atoms with Crippen LogP contribution in [0.2, 0.25) is 0 Å². The van der Waals surface area contributed by atoms with Gasteiger partial charge in [0, 0.05) is 13.2 Å². The van der Waals surface area contributed by atoms with Crippen molar-refractivity contribution in [1.82, 2.24) is 5.32 Å². The van der Waals surface area contributed by atoms with E-state index in [0.717, 1.165) is 58.2 Å². The quantitative estimate of drug-likeness (QED) is 0.689. The van der Waals surface area contributed by atoms with Gasteiger partial charge in [-0.3, -0.25) is 4.79 Å². The SMILES string of the molecule is NC1(C(=O)NCCCCOCCc2ccccc2)CCCC1. The van der Waals surface area contributed by atoms with Gasteiger partial charge in [-0.25, -0.2) is 0 Å². The molecule has 22 heavy (non-hydrogen) atoms. The van der Waals surface area contributed by atoms with Crippen LogP contribution in [0.1, 0.15) is 44.1 Å². The standard InChI is InChI=1S/C18H28N2O2/c19-18(11-4-5-12-18)17(21)20-13-6-7-14-22-15-10-16-8-2-1-3-9-16/h1-3,8-9H,4-7,10-15,19H2,(H,20,21). The molecule has 4 heteroatoms. The largest absolute Gasteiger partial charge is 0.381 e. The van der Waals surface area contributed by atoms with E-state index in [0.29, 0.717) is 6.54 Å². The van der Waals surface area contributed by atoms with E-state index in [1.807, 2.05) is 18.2 Å². The lowest BCUT2D eigenvalue weighted by Gasteiger charge is -2.22. The Balaban J connectivity index is 1.45. The molecule has 0 atom stereocenters. The van der Waals surface area contributed by atoms with Crippen molar-refractivity contribution >= 4 is 5.91 Å². The van der Waals surface area contributed by atoms with Gasteiger partial charge in [-0.1, -0.05) is 43.2 Å². The average molecular weight is 304 g/mol. The van der Waals surface area contributed by atoms with Gasteiger partial charge >= 0.3 is 0 Å². The first-order valence-corrected chi connectivity index (χ1v) is 8.40. The van der Waals surface area contributed by atoms with Crippen molar-refractivity contribution in [2.24, 2.45) is 5.73 Å². The van der Waals surface area contributed by atoms with E-state index >= 15 is 0 Å². The summed E-state index contributed by atoms with van der Waals surface area (Å²) in [4.78, 5) is 12.0. The normalized spacial score (nSPS) is 16.6. The van der Waals surface area contributed by atoms with Crippen molar-refractivity contribution in [3.63, 3.8) is 0 Å². The highest BCUT2D eigenvalue weighted by atomic mass is 16.5. The minimum Gasteiger partial charge on any atom is -0.381 e. The van der Waals surface area contributed by atoms with Crippen LogP contribution >= 0.6 is 0 Å². The summed E-state index contributed by atoms with van der Waals surface area (Å²) in [5, 5.41) is 2.96. The Labute approximate surface area is 133 Å². The van der Waals surface area contributed by atoms with Crippen molar-refractivity contribution < 1.29 is 9.53 Å². The van der Waals surface area contributed by atoms with Gasteiger partial charge in [0.05, 0.1) is 12.1 Å². The second-order valence-electron chi connectivity index (χ2n) is 6.17. The lowest BCUT2D eigenvalue weighted by Crippen LogP contribution is -2.52. The molecule has 1 aromatic rings. The Morgan fingerprint density at radius 3 is 2.59 bits per heavy atom. The molecule has 1 fully saturated rings. The predicted octanol–water partition coefficient (Wildman–Crippen LogP) is 2.41. The van der Waals surface area contributed by atoms with Gasteiger partial charge in [0.2, 0.25) is 5.91 Å². The van der Waals surface area contributed by atoms with Gasteiger partial charge in [0.15, 0.2) is 0 Å². The molecule has 1 aliphatic carbocycles. The van der Waals surface area contributed by atoms with Crippen molar-refractivity contribution in [2.45, 2.75) is 50.5 Å². The molecule has 1 aliphatic rings. The maximum Gasteiger partial charge on any atom is 0.240 e. The molecule has 0 unspecified atom stereocenters. The number of rotatable bonds is 9. The van der Waals surface area contributed by atoms with Gasteiger partial charge in [0.1, 0.15) is 0 Å². The number of ether oxygens (including phenoxy) is 1. The molecule has 2 rings (SSSR count). The van der Waals surface area contributed by atoms with Gasteiger partial charge < -0.3 is 15.8 Å². The number of nitrogens with two attached hydrogens (primary N) is 1. The molecular formula is C18H28N2O2. The van der Waals surface area contributed by atoms with Crippen LogP contribution in [0.3, 0.4) is 0 Å². The Hall–Kier alpha value is -1.39. The van der Waals surface area contributed by atoms with Gasteiger partial charge in [-0.15, -0.1) is 0 Å². The molecule has 3 N–H and O–H groups in total. The second-order valence-corrected chi connectivity index (χ2v) is 6.17. The number of benzene rings is 1. The fraction of sp³-hybridized carbons (Fsp3) is 0.611. The maximum absolute atomic E-state index is 12.0. The third kappa shape index (κ3) is 5.43. The number of amides is 1. The van der Waals surface area contributed by atoms with Gasteiger partial charge in [-0.2, -0.15) is 0 Å². The van der Waals surface area contributed by atoms with Crippen molar-refractivity contribution in [3.05, 3.63) is 35.9 Å². The van der Waals surface area contributed by atoms with E-state index in [2.05, 4.69) is 17.4 Å². The number of carbonyl (C=O) groups is 1. The van der Waals surface area contributed by atoms with Crippen LogP contribution < -0.4 is 11.1 Å². The van der Waals surface area contributed by atoms with Crippen LogP contribution in [0.5, 0.6) is 0 Å². The summed E-state index contributed by atoms with van der Waals surface area (Å²) in [6.07, 6.45) is 6.63. The number of nitrogens with one attached hydrogen (secondary N) is 1. The van der Waals surface area contributed by atoms with Crippen molar-refractivity contribution in [2.75, 3.05) is 19.8 Å². The highest BCUT2D eigenvalue weighted by Crippen LogP contribution is 2.27. The Morgan fingerprint density at radius 1 is 1.14 bits per heavy atom. The molecule has 1 saturated carbocycles. The fourth-order valence-corrected chi connectivity index (χ4v) is 2.88. The topological polar surface area (TPSA) is 64.4 Å². The van der Waals surface area contributed by atoms with E-state index in [-0.39, 0.29) is 5.91 Å². The summed E-state index contributed by atoms with van der Waals surface area (Å²) in [6.45, 7) is 2.19. The lowest BCUT2D eigenvalue weighted by atomic mass is 9.98. The first-order valence-electron chi connectivity index (χ1n) is 8.40. The highest BCUT2D eigenvalue weighted by Gasteiger charge is 2.36. The van der Waals surface area contributed by atoms with E-state index in [1.54, 1.807) is 0 Å². The third-order valence-electron chi connectivity index (χ3n) is 4.33. The molecule has 1 amide bonds. The monoisotopic (exact) mass is 304 g/mol. The summed E-state index contributed by atoms with van der Waals surface area (Å²) in [7, 11) is 0. The minimum absolute atomic E-state index is 0.0231. The zero-order valence-electron chi connectivity index (χ0n) is 13.4. The number of hydrogen-bond acceptors (Lipinski definition) is 3. The summed E-state index contributed by atoms with van der Waals surface area (Å²) in [5.41, 5.74) is 6.80. The van der Waals surface area contributed by atoms with Crippen LogP contribution in [0.4, 0.5) is 0 Å². The van der Waals surface area contributed by atoms with Crippen molar-refractivity contribution in [1.29, 1.82) is 0 Å². The Bertz CT molecular complexity index is 442. The van der Waals surface area contributed by atoms with Crippen LogP contribution in [0.15, 0.2) is 30.3 Å². The predicted molar refractivity (Wildman–Crippen MR) is 88.6 cm³/mol. The van der Waals surface area contributed by atoms with Crippen LogP contribution in [0.25, 0.3) is 0 Å². The molecule has 0 radical (unpaired) electrons. The number of hydrogen-bond donors (Lipinski definition) is 2. The zero-order valence-corrected chi connectivity index (χ0v) is 13.4. The Morgan fingerprint density at radius 2 is 1.86 bits per heavy atom. The van der Waals surface area contributed by atoms with Gasteiger partial charge in [-0.05, 0) is 37.7 Å².